The summed E-state index contributed by atoms with van der Waals surface area (Å²) in [6, 6.07) is 7.47. The Kier molecular flexibility index (Phi) is 5.89. The van der Waals surface area contributed by atoms with Gasteiger partial charge in [0.2, 0.25) is 0 Å². The van der Waals surface area contributed by atoms with Gasteiger partial charge in [-0.3, -0.25) is 4.90 Å². The smallest absolute Gasteiger partial charge is 0.123 e. The Labute approximate surface area is 109 Å². The molecule has 1 atom stereocenters. The van der Waals surface area contributed by atoms with Gasteiger partial charge in [0.25, 0.3) is 0 Å². The van der Waals surface area contributed by atoms with Crippen LogP contribution in [0.5, 0.6) is 0 Å². The molecule has 2 nitrogen and oxygen atoms in total. The molecule has 1 aromatic carbocycles. The zero-order chi connectivity index (χ0) is 11.4. The van der Waals surface area contributed by atoms with Crippen LogP contribution in [0.15, 0.2) is 24.3 Å². The standard InChI is InChI=1S/C13H19FN2.ClH/c1-15-9-13-3-2-8-16(13)10-11-4-6-12(14)7-5-11;/h4-7,13,15H,2-3,8-10H2,1H3;1H. The first kappa shape index (κ1) is 14.4. The van der Waals surface area contributed by atoms with Crippen LogP contribution in [0.2, 0.25) is 0 Å². The van der Waals surface area contributed by atoms with Crippen molar-refractivity contribution in [2.45, 2.75) is 25.4 Å². The van der Waals surface area contributed by atoms with E-state index in [9.17, 15) is 4.39 Å². The fourth-order valence-electron chi connectivity index (χ4n) is 2.39. The van der Waals surface area contributed by atoms with E-state index in [4.69, 9.17) is 0 Å². The highest BCUT2D eigenvalue weighted by Crippen LogP contribution is 2.19. The number of likely N-dealkylation sites (N-methyl/N-ethyl adjacent to an activating group) is 1. The van der Waals surface area contributed by atoms with E-state index in [1.807, 2.05) is 19.2 Å². The molecule has 1 aliphatic heterocycles. The summed E-state index contributed by atoms with van der Waals surface area (Å²) < 4.78 is 12.8. The second kappa shape index (κ2) is 6.94. The lowest BCUT2D eigenvalue weighted by Gasteiger charge is -2.24. The van der Waals surface area contributed by atoms with Crippen molar-refractivity contribution in [3.05, 3.63) is 35.6 Å². The summed E-state index contributed by atoms with van der Waals surface area (Å²) in [4.78, 5) is 2.48. The second-order valence-electron chi connectivity index (χ2n) is 4.45. The predicted molar refractivity (Wildman–Crippen MR) is 71.0 cm³/mol. The van der Waals surface area contributed by atoms with Gasteiger partial charge in [-0.2, -0.15) is 0 Å². The SMILES string of the molecule is CNCC1CCCN1Cc1ccc(F)cc1.Cl. The highest BCUT2D eigenvalue weighted by molar-refractivity contribution is 5.85. The average Bonchev–Trinajstić information content (AvgIpc) is 2.70. The third-order valence-corrected chi connectivity index (χ3v) is 3.24. The van der Waals surface area contributed by atoms with Crippen molar-refractivity contribution in [3.8, 4) is 0 Å². The van der Waals surface area contributed by atoms with Crippen LogP contribution in [0.3, 0.4) is 0 Å². The van der Waals surface area contributed by atoms with E-state index in [0.717, 1.165) is 19.6 Å². The number of halogens is 2. The molecule has 1 unspecified atom stereocenters. The van der Waals surface area contributed by atoms with Gasteiger partial charge in [0.05, 0.1) is 0 Å². The Morgan fingerprint density at radius 1 is 1.35 bits per heavy atom. The van der Waals surface area contributed by atoms with E-state index in [0.29, 0.717) is 6.04 Å². The Morgan fingerprint density at radius 2 is 2.06 bits per heavy atom. The molecular weight excluding hydrogens is 239 g/mol. The Morgan fingerprint density at radius 3 is 2.71 bits per heavy atom. The van der Waals surface area contributed by atoms with Crippen molar-refractivity contribution in [1.82, 2.24) is 10.2 Å². The van der Waals surface area contributed by atoms with E-state index in [2.05, 4.69) is 10.2 Å². The zero-order valence-electron chi connectivity index (χ0n) is 10.2. The molecule has 0 radical (unpaired) electrons. The highest BCUT2D eigenvalue weighted by atomic mass is 35.5. The van der Waals surface area contributed by atoms with Crippen molar-refractivity contribution in [2.75, 3.05) is 20.1 Å². The van der Waals surface area contributed by atoms with Crippen molar-refractivity contribution in [1.29, 1.82) is 0 Å². The fraction of sp³-hybridized carbons (Fsp3) is 0.538. The van der Waals surface area contributed by atoms with Crippen molar-refractivity contribution >= 4 is 12.4 Å². The van der Waals surface area contributed by atoms with Gasteiger partial charge in [0, 0.05) is 19.1 Å². The van der Waals surface area contributed by atoms with Crippen molar-refractivity contribution in [3.63, 3.8) is 0 Å². The van der Waals surface area contributed by atoms with Gasteiger partial charge in [-0.25, -0.2) is 4.39 Å². The maximum atomic E-state index is 12.8. The molecule has 0 aliphatic carbocycles. The first-order valence-corrected chi connectivity index (χ1v) is 5.92. The lowest BCUT2D eigenvalue weighted by atomic mass is 10.2. The molecule has 17 heavy (non-hydrogen) atoms. The summed E-state index contributed by atoms with van der Waals surface area (Å²) in [7, 11) is 1.99. The fourth-order valence-corrected chi connectivity index (χ4v) is 2.39. The molecule has 4 heteroatoms. The van der Waals surface area contributed by atoms with Crippen LogP contribution < -0.4 is 5.32 Å². The first-order chi connectivity index (χ1) is 7.79. The molecule has 96 valence electrons. The van der Waals surface area contributed by atoms with Crippen LogP contribution in [-0.2, 0) is 6.54 Å². The van der Waals surface area contributed by atoms with Crippen LogP contribution in [0.1, 0.15) is 18.4 Å². The Hall–Kier alpha value is -0.640. The molecule has 1 N–H and O–H groups in total. The molecular formula is C13H20ClFN2. The van der Waals surface area contributed by atoms with Crippen LogP contribution in [0.4, 0.5) is 4.39 Å². The number of benzene rings is 1. The highest BCUT2D eigenvalue weighted by Gasteiger charge is 2.23. The summed E-state index contributed by atoms with van der Waals surface area (Å²) in [6.45, 7) is 3.14. The van der Waals surface area contributed by atoms with Gasteiger partial charge in [0.15, 0.2) is 0 Å². The average molecular weight is 259 g/mol. The normalized spacial score (nSPS) is 20.2. The minimum atomic E-state index is -0.156. The monoisotopic (exact) mass is 258 g/mol. The number of hydrogen-bond donors (Lipinski definition) is 1. The summed E-state index contributed by atoms with van der Waals surface area (Å²) in [5.74, 6) is -0.156. The number of nitrogens with one attached hydrogen (secondary N) is 1. The summed E-state index contributed by atoms with van der Waals surface area (Å²) in [5, 5.41) is 3.23. The second-order valence-corrected chi connectivity index (χ2v) is 4.45. The molecule has 1 fully saturated rings. The molecule has 1 aliphatic rings. The van der Waals surface area contributed by atoms with Gasteiger partial charge < -0.3 is 5.32 Å². The maximum Gasteiger partial charge on any atom is 0.123 e. The summed E-state index contributed by atoms with van der Waals surface area (Å²) in [5.41, 5.74) is 1.20. The topological polar surface area (TPSA) is 15.3 Å². The largest absolute Gasteiger partial charge is 0.318 e. The molecule has 0 spiro atoms. The molecule has 2 rings (SSSR count). The lowest BCUT2D eigenvalue weighted by Crippen LogP contribution is -2.36. The van der Waals surface area contributed by atoms with Crippen LogP contribution >= 0.6 is 12.4 Å². The quantitative estimate of drug-likeness (QED) is 0.893. The predicted octanol–water partition coefficient (Wildman–Crippen LogP) is 2.43. The molecule has 0 saturated carbocycles. The van der Waals surface area contributed by atoms with Gasteiger partial charge in [-0.15, -0.1) is 12.4 Å². The van der Waals surface area contributed by atoms with Crippen LogP contribution in [-0.4, -0.2) is 31.1 Å². The van der Waals surface area contributed by atoms with Gasteiger partial charge in [0.1, 0.15) is 5.82 Å². The van der Waals surface area contributed by atoms with E-state index in [1.165, 1.54) is 18.4 Å². The minimum Gasteiger partial charge on any atom is -0.318 e. The van der Waals surface area contributed by atoms with E-state index >= 15 is 0 Å². The lowest BCUT2D eigenvalue weighted by molar-refractivity contribution is 0.242. The summed E-state index contributed by atoms with van der Waals surface area (Å²) in [6.07, 6.45) is 2.54. The zero-order valence-corrected chi connectivity index (χ0v) is 11.0. The van der Waals surface area contributed by atoms with E-state index < -0.39 is 0 Å². The minimum absolute atomic E-state index is 0. The van der Waals surface area contributed by atoms with E-state index in [-0.39, 0.29) is 18.2 Å². The molecule has 1 heterocycles. The third kappa shape index (κ3) is 3.95. The Bertz CT molecular complexity index is 329. The van der Waals surface area contributed by atoms with Gasteiger partial charge >= 0.3 is 0 Å². The molecule has 0 aromatic heterocycles. The molecule has 1 aromatic rings. The van der Waals surface area contributed by atoms with Gasteiger partial charge in [-0.05, 0) is 44.1 Å². The van der Waals surface area contributed by atoms with Crippen molar-refractivity contribution in [2.24, 2.45) is 0 Å². The molecule has 0 amide bonds. The Balaban J connectivity index is 0.00000144. The summed E-state index contributed by atoms with van der Waals surface area (Å²) >= 11 is 0. The van der Waals surface area contributed by atoms with Crippen LogP contribution in [0, 0.1) is 5.82 Å². The number of rotatable bonds is 4. The number of nitrogens with zero attached hydrogens (tertiary/aromatic N) is 1. The van der Waals surface area contributed by atoms with Crippen molar-refractivity contribution < 1.29 is 4.39 Å². The number of hydrogen-bond acceptors (Lipinski definition) is 2. The van der Waals surface area contributed by atoms with Gasteiger partial charge in [-0.1, -0.05) is 12.1 Å². The maximum absolute atomic E-state index is 12.8. The van der Waals surface area contributed by atoms with E-state index in [1.54, 1.807) is 12.1 Å². The van der Waals surface area contributed by atoms with Crippen LogP contribution in [0.25, 0.3) is 0 Å². The third-order valence-electron chi connectivity index (χ3n) is 3.24. The first-order valence-electron chi connectivity index (χ1n) is 5.92. The molecule has 0 bridgehead atoms. The number of likely N-dealkylation sites (tertiary alicyclic amines) is 1. The molecule has 1 saturated heterocycles.